The van der Waals surface area contributed by atoms with Crippen molar-refractivity contribution in [2.45, 2.75) is 51.4 Å². The molecule has 2 aliphatic rings. The van der Waals surface area contributed by atoms with Gasteiger partial charge >= 0.3 is 12.1 Å². The van der Waals surface area contributed by atoms with Crippen molar-refractivity contribution in [3.05, 3.63) is 0 Å². The highest BCUT2D eigenvalue weighted by Crippen LogP contribution is 2.12. The van der Waals surface area contributed by atoms with Gasteiger partial charge in [0.2, 0.25) is 11.8 Å². The second kappa shape index (κ2) is 8.50. The van der Waals surface area contributed by atoms with Crippen LogP contribution in [-0.2, 0) is 9.59 Å². The fraction of sp³-hybridized carbons (Fsp3) is 0.733. The van der Waals surface area contributed by atoms with E-state index in [1.807, 2.05) is 0 Å². The van der Waals surface area contributed by atoms with Crippen molar-refractivity contribution in [3.63, 3.8) is 0 Å². The number of hydrogen-bond donors (Lipinski definition) is 2. The summed E-state index contributed by atoms with van der Waals surface area (Å²) in [6, 6.07) is -1.00. The first-order valence-corrected chi connectivity index (χ1v) is 8.26. The van der Waals surface area contributed by atoms with Crippen molar-refractivity contribution in [3.8, 4) is 0 Å². The Labute approximate surface area is 135 Å². The van der Waals surface area contributed by atoms with Crippen LogP contribution in [0.25, 0.3) is 0 Å². The monoisotopic (exact) mass is 324 g/mol. The van der Waals surface area contributed by atoms with Crippen LogP contribution in [0.3, 0.4) is 0 Å². The third-order valence-corrected chi connectivity index (χ3v) is 4.12. The predicted octanol–water partition coefficient (Wildman–Crippen LogP) is 1.17. The van der Waals surface area contributed by atoms with Gasteiger partial charge in [0.05, 0.1) is 6.67 Å². The number of likely N-dealkylation sites (tertiary alicyclic amines) is 2. The number of rotatable bonds is 2. The van der Waals surface area contributed by atoms with E-state index in [2.05, 4.69) is 10.6 Å². The lowest BCUT2D eigenvalue weighted by Gasteiger charge is -2.21. The van der Waals surface area contributed by atoms with Gasteiger partial charge in [-0.2, -0.15) is 0 Å². The minimum atomic E-state index is -0.501. The zero-order valence-electron chi connectivity index (χ0n) is 13.3. The molecule has 128 valence electrons. The first-order valence-electron chi connectivity index (χ1n) is 8.26. The van der Waals surface area contributed by atoms with Crippen molar-refractivity contribution < 1.29 is 19.2 Å². The summed E-state index contributed by atoms with van der Waals surface area (Å²) < 4.78 is 0. The maximum atomic E-state index is 12.0. The fourth-order valence-corrected chi connectivity index (χ4v) is 2.78. The Morgan fingerprint density at radius 2 is 1.17 bits per heavy atom. The minimum absolute atomic E-state index is 0.106. The Morgan fingerprint density at radius 3 is 1.61 bits per heavy atom. The summed E-state index contributed by atoms with van der Waals surface area (Å²) in [7, 11) is 0. The van der Waals surface area contributed by atoms with Crippen LogP contribution >= 0.6 is 0 Å². The number of nitrogens with one attached hydrogen (secondary N) is 2. The SMILES string of the molecule is O=C1CCCCCN1C(=O)NCNC(=O)N1CCCCCC1=O. The van der Waals surface area contributed by atoms with Crippen LogP contribution in [0.2, 0.25) is 0 Å². The number of imide groups is 2. The molecule has 2 N–H and O–H groups in total. The molecule has 2 heterocycles. The molecule has 0 radical (unpaired) electrons. The van der Waals surface area contributed by atoms with Gasteiger partial charge < -0.3 is 10.6 Å². The van der Waals surface area contributed by atoms with Gasteiger partial charge in [0.1, 0.15) is 0 Å². The van der Waals surface area contributed by atoms with Crippen LogP contribution in [0.5, 0.6) is 0 Å². The molecule has 8 heteroatoms. The Morgan fingerprint density at radius 1 is 0.739 bits per heavy atom. The van der Waals surface area contributed by atoms with E-state index >= 15 is 0 Å². The molecule has 0 unspecified atom stereocenters. The van der Waals surface area contributed by atoms with Gasteiger partial charge in [0, 0.05) is 25.9 Å². The second-order valence-electron chi connectivity index (χ2n) is 5.85. The predicted molar refractivity (Wildman–Crippen MR) is 82.3 cm³/mol. The maximum Gasteiger partial charge on any atom is 0.325 e. The average molecular weight is 324 g/mol. The molecule has 2 saturated heterocycles. The average Bonchev–Trinajstić information content (AvgIpc) is 2.87. The Kier molecular flexibility index (Phi) is 6.37. The highest BCUT2D eigenvalue weighted by molar-refractivity contribution is 5.96. The van der Waals surface area contributed by atoms with Gasteiger partial charge in [-0.15, -0.1) is 0 Å². The Hall–Kier alpha value is -2.12. The number of amides is 6. The first-order chi connectivity index (χ1) is 11.1. The zero-order valence-corrected chi connectivity index (χ0v) is 13.3. The number of carbonyl (C=O) groups excluding carboxylic acids is 4. The van der Waals surface area contributed by atoms with E-state index in [0.29, 0.717) is 25.9 Å². The molecule has 0 aromatic heterocycles. The van der Waals surface area contributed by atoms with Crippen LogP contribution in [0.4, 0.5) is 9.59 Å². The molecule has 0 spiro atoms. The van der Waals surface area contributed by atoms with E-state index in [1.165, 1.54) is 9.80 Å². The van der Waals surface area contributed by atoms with Gasteiger partial charge in [-0.25, -0.2) is 9.59 Å². The smallest absolute Gasteiger partial charge is 0.320 e. The molecule has 6 amide bonds. The number of carbonyl (C=O) groups is 4. The molecule has 8 nitrogen and oxygen atoms in total. The second-order valence-corrected chi connectivity index (χ2v) is 5.85. The molecule has 0 bridgehead atoms. The summed E-state index contributed by atoms with van der Waals surface area (Å²) in [6.07, 6.45) is 5.82. The third-order valence-electron chi connectivity index (χ3n) is 4.12. The van der Waals surface area contributed by atoms with Crippen LogP contribution in [0, 0.1) is 0 Å². The topological polar surface area (TPSA) is 98.8 Å². The fourth-order valence-electron chi connectivity index (χ4n) is 2.78. The van der Waals surface area contributed by atoms with E-state index in [4.69, 9.17) is 0 Å². The van der Waals surface area contributed by atoms with E-state index in [9.17, 15) is 19.2 Å². The summed E-state index contributed by atoms with van der Waals surface area (Å²) in [5, 5.41) is 5.01. The lowest BCUT2D eigenvalue weighted by Crippen LogP contribution is -2.50. The van der Waals surface area contributed by atoms with Gasteiger partial charge in [-0.3, -0.25) is 19.4 Å². The van der Waals surface area contributed by atoms with E-state index in [0.717, 1.165) is 38.5 Å². The van der Waals surface area contributed by atoms with E-state index < -0.39 is 12.1 Å². The molecule has 2 fully saturated rings. The highest BCUT2D eigenvalue weighted by atomic mass is 16.2. The number of urea groups is 2. The van der Waals surface area contributed by atoms with Crippen molar-refractivity contribution in [2.75, 3.05) is 19.8 Å². The Bertz CT molecular complexity index is 438. The van der Waals surface area contributed by atoms with Crippen molar-refractivity contribution in [1.29, 1.82) is 0 Å². The van der Waals surface area contributed by atoms with Crippen molar-refractivity contribution >= 4 is 23.9 Å². The molecule has 0 atom stereocenters. The largest absolute Gasteiger partial charge is 0.325 e. The Balaban J connectivity index is 1.76. The molecule has 0 saturated carbocycles. The van der Waals surface area contributed by atoms with Crippen LogP contribution < -0.4 is 10.6 Å². The lowest BCUT2D eigenvalue weighted by atomic mass is 10.2. The van der Waals surface area contributed by atoms with Gasteiger partial charge in [-0.1, -0.05) is 12.8 Å². The minimum Gasteiger partial charge on any atom is -0.320 e. The highest BCUT2D eigenvalue weighted by Gasteiger charge is 2.24. The maximum absolute atomic E-state index is 12.0. The van der Waals surface area contributed by atoms with E-state index in [1.54, 1.807) is 0 Å². The standard InChI is InChI=1S/C15H24N4O4/c20-12-7-3-1-5-9-18(12)14(22)16-11-17-15(23)19-10-6-2-4-8-13(19)21/h1-11H2,(H,16,22)(H,17,23). The summed E-state index contributed by atoms with van der Waals surface area (Å²) in [6.45, 7) is 0.706. The normalized spacial score (nSPS) is 19.8. The lowest BCUT2D eigenvalue weighted by molar-refractivity contribution is -0.128. The molecular weight excluding hydrogens is 300 g/mol. The quantitative estimate of drug-likeness (QED) is 0.745. The summed E-state index contributed by atoms with van der Waals surface area (Å²) >= 11 is 0. The molecular formula is C15H24N4O4. The van der Waals surface area contributed by atoms with Gasteiger partial charge in [-0.05, 0) is 25.7 Å². The van der Waals surface area contributed by atoms with Crippen LogP contribution in [0.1, 0.15) is 51.4 Å². The molecule has 2 rings (SSSR count). The van der Waals surface area contributed by atoms with Gasteiger partial charge in [0.25, 0.3) is 0 Å². The van der Waals surface area contributed by atoms with Crippen LogP contribution in [-0.4, -0.2) is 53.4 Å². The van der Waals surface area contributed by atoms with Crippen LogP contribution in [0.15, 0.2) is 0 Å². The molecule has 23 heavy (non-hydrogen) atoms. The molecule has 0 aromatic rings. The van der Waals surface area contributed by atoms with E-state index in [-0.39, 0.29) is 18.5 Å². The number of nitrogens with zero attached hydrogens (tertiary/aromatic N) is 2. The molecule has 0 aliphatic carbocycles. The molecule has 0 aromatic carbocycles. The third kappa shape index (κ3) is 4.94. The van der Waals surface area contributed by atoms with Crippen molar-refractivity contribution in [1.82, 2.24) is 20.4 Å². The van der Waals surface area contributed by atoms with Crippen molar-refractivity contribution in [2.24, 2.45) is 0 Å². The molecule has 2 aliphatic heterocycles. The zero-order chi connectivity index (χ0) is 16.7. The van der Waals surface area contributed by atoms with Gasteiger partial charge in [0.15, 0.2) is 0 Å². The summed E-state index contributed by atoms with van der Waals surface area (Å²) in [5.74, 6) is -0.372. The first kappa shape index (κ1) is 17.2. The summed E-state index contributed by atoms with van der Waals surface area (Å²) in [4.78, 5) is 50.0. The number of hydrogen-bond acceptors (Lipinski definition) is 4. The summed E-state index contributed by atoms with van der Waals surface area (Å²) in [5.41, 5.74) is 0.